The molecule has 1 fully saturated rings. The molecular weight excluding hydrogens is 340 g/mol. The van der Waals surface area contributed by atoms with Gasteiger partial charge >= 0.3 is 0 Å². The van der Waals surface area contributed by atoms with Gasteiger partial charge in [0.25, 0.3) is 5.91 Å². The lowest BCUT2D eigenvalue weighted by Gasteiger charge is -2.30. The summed E-state index contributed by atoms with van der Waals surface area (Å²) in [5.74, 6) is -0.494. The van der Waals surface area contributed by atoms with Crippen molar-refractivity contribution in [3.05, 3.63) is 23.2 Å². The molecule has 1 N–H and O–H groups in total. The minimum atomic E-state index is -0.581. The SMILES string of the molecule is CC1CCN(C(=O)Cc2csc(NC(=O)C3C=CC(=O)N=C3)n2)CC1. The van der Waals surface area contributed by atoms with Crippen LogP contribution in [0.1, 0.15) is 25.5 Å². The zero-order chi connectivity index (χ0) is 17.8. The standard InChI is InChI=1S/C17H20N4O3S/c1-11-4-6-21(7-5-11)15(23)8-13-10-25-17(19-13)20-16(24)12-2-3-14(22)18-9-12/h2-3,9-12H,4-8H2,1H3,(H,19,20,24). The molecule has 132 valence electrons. The minimum Gasteiger partial charge on any atom is -0.342 e. The number of aromatic nitrogens is 1. The highest BCUT2D eigenvalue weighted by Gasteiger charge is 2.22. The summed E-state index contributed by atoms with van der Waals surface area (Å²) in [5, 5.41) is 4.92. The van der Waals surface area contributed by atoms with Gasteiger partial charge in [-0.3, -0.25) is 14.4 Å². The Morgan fingerprint density at radius 3 is 2.80 bits per heavy atom. The van der Waals surface area contributed by atoms with E-state index < -0.39 is 5.92 Å². The number of carbonyl (C=O) groups is 3. The number of thiazole rings is 1. The van der Waals surface area contributed by atoms with Crippen LogP contribution < -0.4 is 5.32 Å². The molecule has 1 aromatic rings. The minimum absolute atomic E-state index is 0.0796. The predicted molar refractivity (Wildman–Crippen MR) is 95.6 cm³/mol. The van der Waals surface area contributed by atoms with E-state index in [4.69, 9.17) is 0 Å². The molecule has 3 amide bonds. The van der Waals surface area contributed by atoms with E-state index in [-0.39, 0.29) is 24.1 Å². The lowest BCUT2D eigenvalue weighted by molar-refractivity contribution is -0.131. The Kier molecular flexibility index (Phi) is 5.37. The van der Waals surface area contributed by atoms with Gasteiger partial charge in [-0.1, -0.05) is 13.0 Å². The first-order valence-corrected chi connectivity index (χ1v) is 9.18. The lowest BCUT2D eigenvalue weighted by Crippen LogP contribution is -2.38. The number of piperidine rings is 1. The van der Waals surface area contributed by atoms with Crippen LogP contribution in [0.2, 0.25) is 0 Å². The molecule has 7 nitrogen and oxygen atoms in total. The van der Waals surface area contributed by atoms with Gasteiger partial charge in [0.15, 0.2) is 5.13 Å². The molecule has 2 aliphatic heterocycles. The van der Waals surface area contributed by atoms with Crippen molar-refractivity contribution in [1.29, 1.82) is 0 Å². The maximum atomic E-state index is 12.3. The number of dihydropyridines is 1. The van der Waals surface area contributed by atoms with Crippen LogP contribution in [0.4, 0.5) is 5.13 Å². The van der Waals surface area contributed by atoms with Crippen molar-refractivity contribution in [3.8, 4) is 0 Å². The van der Waals surface area contributed by atoms with Crippen molar-refractivity contribution in [1.82, 2.24) is 9.88 Å². The molecule has 1 unspecified atom stereocenters. The first-order chi connectivity index (χ1) is 12.0. The van der Waals surface area contributed by atoms with Crippen LogP contribution in [0.5, 0.6) is 0 Å². The van der Waals surface area contributed by atoms with Gasteiger partial charge in [0, 0.05) is 30.8 Å². The smallest absolute Gasteiger partial charge is 0.269 e. The Labute approximate surface area is 149 Å². The Balaban J connectivity index is 1.53. The van der Waals surface area contributed by atoms with Gasteiger partial charge in [-0.15, -0.1) is 11.3 Å². The predicted octanol–water partition coefficient (Wildman–Crippen LogP) is 1.67. The summed E-state index contributed by atoms with van der Waals surface area (Å²) in [6.07, 6.45) is 6.43. The molecule has 3 rings (SSSR count). The summed E-state index contributed by atoms with van der Waals surface area (Å²) in [6, 6.07) is 0. The molecule has 0 bridgehead atoms. The summed E-state index contributed by atoms with van der Waals surface area (Å²) in [5.41, 5.74) is 0.659. The van der Waals surface area contributed by atoms with E-state index in [2.05, 4.69) is 22.2 Å². The average Bonchev–Trinajstić information content (AvgIpc) is 3.02. The first kappa shape index (κ1) is 17.5. The third-order valence-corrected chi connectivity index (χ3v) is 5.17. The number of anilines is 1. The van der Waals surface area contributed by atoms with Gasteiger partial charge in [-0.25, -0.2) is 9.98 Å². The summed E-state index contributed by atoms with van der Waals surface area (Å²) in [4.78, 5) is 45.2. The molecule has 0 radical (unpaired) electrons. The van der Waals surface area contributed by atoms with Crippen LogP contribution in [0.15, 0.2) is 22.5 Å². The highest BCUT2D eigenvalue weighted by molar-refractivity contribution is 7.13. The number of amides is 3. The van der Waals surface area contributed by atoms with E-state index in [0.717, 1.165) is 25.9 Å². The van der Waals surface area contributed by atoms with Crippen LogP contribution in [-0.2, 0) is 20.8 Å². The third-order valence-electron chi connectivity index (χ3n) is 4.36. The normalized spacial score (nSPS) is 20.8. The maximum absolute atomic E-state index is 12.3. The van der Waals surface area contributed by atoms with Gasteiger partial charge in [-0.2, -0.15) is 0 Å². The zero-order valence-corrected chi connectivity index (χ0v) is 14.8. The average molecular weight is 360 g/mol. The lowest BCUT2D eigenvalue weighted by atomic mass is 9.99. The fourth-order valence-corrected chi connectivity index (χ4v) is 3.46. The Hall–Kier alpha value is -2.35. The van der Waals surface area contributed by atoms with Gasteiger partial charge in [0.05, 0.1) is 18.0 Å². The van der Waals surface area contributed by atoms with Crippen LogP contribution >= 0.6 is 11.3 Å². The number of nitrogens with zero attached hydrogens (tertiary/aromatic N) is 3. The van der Waals surface area contributed by atoms with Crippen molar-refractivity contribution in [2.24, 2.45) is 16.8 Å². The molecule has 0 aromatic carbocycles. The molecule has 1 saturated heterocycles. The quantitative estimate of drug-likeness (QED) is 0.884. The maximum Gasteiger partial charge on any atom is 0.269 e. The highest BCUT2D eigenvalue weighted by atomic mass is 32.1. The molecule has 0 saturated carbocycles. The first-order valence-electron chi connectivity index (χ1n) is 8.30. The van der Waals surface area contributed by atoms with E-state index >= 15 is 0 Å². The number of carbonyl (C=O) groups excluding carboxylic acids is 3. The number of nitrogens with one attached hydrogen (secondary N) is 1. The number of likely N-dealkylation sites (tertiary alicyclic amines) is 1. The van der Waals surface area contributed by atoms with Crippen molar-refractivity contribution in [2.45, 2.75) is 26.2 Å². The molecule has 1 aromatic heterocycles. The second kappa shape index (κ2) is 7.69. The van der Waals surface area contributed by atoms with E-state index in [1.54, 1.807) is 5.38 Å². The third kappa shape index (κ3) is 4.60. The Bertz CT molecular complexity index is 716. The van der Waals surface area contributed by atoms with E-state index in [0.29, 0.717) is 16.7 Å². The van der Waals surface area contributed by atoms with Crippen LogP contribution in [0.3, 0.4) is 0 Å². The fraction of sp³-hybridized carbons (Fsp3) is 0.471. The Morgan fingerprint density at radius 1 is 1.36 bits per heavy atom. The number of aliphatic imine (C=N–C) groups is 1. The van der Waals surface area contributed by atoms with Gasteiger partial charge in [0.1, 0.15) is 0 Å². The molecule has 0 aliphatic carbocycles. The molecule has 8 heteroatoms. The number of hydrogen-bond donors (Lipinski definition) is 1. The van der Waals surface area contributed by atoms with Crippen molar-refractivity contribution in [3.63, 3.8) is 0 Å². The molecule has 25 heavy (non-hydrogen) atoms. The molecule has 0 spiro atoms. The largest absolute Gasteiger partial charge is 0.342 e. The topological polar surface area (TPSA) is 91.7 Å². The van der Waals surface area contributed by atoms with Crippen molar-refractivity contribution in [2.75, 3.05) is 18.4 Å². The number of hydrogen-bond acceptors (Lipinski definition) is 5. The van der Waals surface area contributed by atoms with E-state index in [9.17, 15) is 14.4 Å². The number of rotatable bonds is 4. The van der Waals surface area contributed by atoms with Crippen LogP contribution in [-0.4, -0.2) is 46.9 Å². The molecule has 1 atom stereocenters. The van der Waals surface area contributed by atoms with E-state index in [1.165, 1.54) is 29.7 Å². The molecular formula is C17H20N4O3S. The van der Waals surface area contributed by atoms with Crippen LogP contribution in [0, 0.1) is 11.8 Å². The highest BCUT2D eigenvalue weighted by Crippen LogP contribution is 2.20. The van der Waals surface area contributed by atoms with Crippen molar-refractivity contribution >= 4 is 40.4 Å². The monoisotopic (exact) mass is 360 g/mol. The van der Waals surface area contributed by atoms with Crippen LogP contribution in [0.25, 0.3) is 0 Å². The fourth-order valence-electron chi connectivity index (χ4n) is 2.75. The van der Waals surface area contributed by atoms with Gasteiger partial charge in [0.2, 0.25) is 11.8 Å². The van der Waals surface area contributed by atoms with Crippen molar-refractivity contribution < 1.29 is 14.4 Å². The summed E-state index contributed by atoms with van der Waals surface area (Å²) in [6.45, 7) is 3.82. The summed E-state index contributed by atoms with van der Waals surface area (Å²) >= 11 is 1.28. The molecule has 2 aliphatic rings. The van der Waals surface area contributed by atoms with Gasteiger partial charge in [-0.05, 0) is 18.8 Å². The Morgan fingerprint density at radius 2 is 2.12 bits per heavy atom. The molecule has 3 heterocycles. The van der Waals surface area contributed by atoms with Gasteiger partial charge < -0.3 is 10.2 Å². The second-order valence-corrected chi connectivity index (χ2v) is 7.23. The summed E-state index contributed by atoms with van der Waals surface area (Å²) < 4.78 is 0. The second-order valence-electron chi connectivity index (χ2n) is 6.37. The zero-order valence-electron chi connectivity index (χ0n) is 14.0. The summed E-state index contributed by atoms with van der Waals surface area (Å²) in [7, 11) is 0. The van der Waals surface area contributed by atoms with E-state index in [1.807, 2.05) is 4.90 Å².